The molecule has 0 atom stereocenters. The molecular weight excluding hydrogens is 553 g/mol. The second kappa shape index (κ2) is 13.8. The highest BCUT2D eigenvalue weighted by atomic mass is 32.1. The van der Waals surface area contributed by atoms with Crippen molar-refractivity contribution in [1.29, 1.82) is 0 Å². The van der Waals surface area contributed by atoms with Crippen molar-refractivity contribution < 1.29 is 23.5 Å². The van der Waals surface area contributed by atoms with Gasteiger partial charge in [0.1, 0.15) is 12.4 Å². The number of carboxylic acids is 1. The second-order valence-corrected chi connectivity index (χ2v) is 24.1. The Morgan fingerprint density at radius 3 is 1.98 bits per heavy atom. The van der Waals surface area contributed by atoms with Crippen molar-refractivity contribution in [1.82, 2.24) is 0 Å². The number of hydrogen-bond donors (Lipinski definition) is 1. The van der Waals surface area contributed by atoms with Gasteiger partial charge in [-0.15, -0.1) is 11.3 Å². The standard InChI is InChI=1S/C32H50O5SSi2/c1-12-24(14-13-15-30(33)34)29-19-18-28(38-29)23-35-27-17-16-25(21-36-39(8,9)31(2,3)4)26(20-27)22-37-40(10,11)32(5,6)7/h13-20H,12,21-23H2,1-11H3,(H,33,34)/b15-13+,24-14+. The first-order chi connectivity index (χ1) is 18.4. The highest BCUT2D eigenvalue weighted by Crippen LogP contribution is 2.39. The lowest BCUT2D eigenvalue weighted by Crippen LogP contribution is -2.41. The predicted molar refractivity (Wildman–Crippen MR) is 174 cm³/mol. The smallest absolute Gasteiger partial charge is 0.328 e. The Labute approximate surface area is 248 Å². The van der Waals surface area contributed by atoms with E-state index in [4.69, 9.17) is 18.7 Å². The molecule has 0 spiro atoms. The number of rotatable bonds is 13. The van der Waals surface area contributed by atoms with Gasteiger partial charge in [0.05, 0.1) is 13.2 Å². The molecule has 2 rings (SSSR count). The van der Waals surface area contributed by atoms with E-state index in [1.807, 2.05) is 12.1 Å². The minimum absolute atomic E-state index is 0.130. The average Bonchev–Trinajstić information content (AvgIpc) is 3.30. The Morgan fingerprint density at radius 1 is 0.875 bits per heavy atom. The molecule has 0 bridgehead atoms. The third-order valence-corrected chi connectivity index (χ3v) is 18.3. The Bertz CT molecular complexity index is 1200. The van der Waals surface area contributed by atoms with Crippen molar-refractivity contribution in [2.45, 2.75) is 111 Å². The lowest BCUT2D eigenvalue weighted by Gasteiger charge is -2.37. The first-order valence-electron chi connectivity index (χ1n) is 14.1. The molecule has 2 aromatic rings. The van der Waals surface area contributed by atoms with Crippen molar-refractivity contribution >= 4 is 39.5 Å². The molecule has 8 heteroatoms. The van der Waals surface area contributed by atoms with E-state index in [9.17, 15) is 4.79 Å². The van der Waals surface area contributed by atoms with E-state index < -0.39 is 22.6 Å². The minimum atomic E-state index is -1.93. The molecule has 0 amide bonds. The number of carboxylic acid groups (broad SMARTS) is 1. The summed E-state index contributed by atoms with van der Waals surface area (Å²) in [6, 6.07) is 10.4. The summed E-state index contributed by atoms with van der Waals surface area (Å²) in [5, 5.41) is 9.13. The summed E-state index contributed by atoms with van der Waals surface area (Å²) in [5.74, 6) is -0.130. The summed E-state index contributed by atoms with van der Waals surface area (Å²) in [4.78, 5) is 13.0. The van der Waals surface area contributed by atoms with Crippen LogP contribution < -0.4 is 4.74 Å². The molecule has 1 heterocycles. The van der Waals surface area contributed by atoms with Gasteiger partial charge in [-0.3, -0.25) is 0 Å². The van der Waals surface area contributed by atoms with Gasteiger partial charge in [0.2, 0.25) is 0 Å². The van der Waals surface area contributed by atoms with E-state index in [1.54, 1.807) is 17.4 Å². The summed E-state index contributed by atoms with van der Waals surface area (Å²) in [6.07, 6.45) is 5.42. The van der Waals surface area contributed by atoms with Gasteiger partial charge >= 0.3 is 5.97 Å². The van der Waals surface area contributed by atoms with E-state index >= 15 is 0 Å². The van der Waals surface area contributed by atoms with Gasteiger partial charge in [-0.2, -0.15) is 0 Å². The molecule has 1 N–H and O–H groups in total. The van der Waals surface area contributed by atoms with Gasteiger partial charge < -0.3 is 18.7 Å². The molecule has 1 aromatic carbocycles. The van der Waals surface area contributed by atoms with Crippen LogP contribution in [0.5, 0.6) is 5.75 Å². The van der Waals surface area contributed by atoms with Crippen LogP contribution in [-0.4, -0.2) is 27.7 Å². The third kappa shape index (κ3) is 9.84. The molecule has 0 radical (unpaired) electrons. The van der Waals surface area contributed by atoms with Crippen molar-refractivity contribution in [3.05, 3.63) is 69.4 Å². The normalized spacial score (nSPS) is 13.7. The van der Waals surface area contributed by atoms with E-state index in [-0.39, 0.29) is 10.1 Å². The largest absolute Gasteiger partial charge is 0.488 e. The number of benzene rings is 1. The van der Waals surface area contributed by atoms with Crippen LogP contribution in [-0.2, 0) is 33.5 Å². The fraction of sp³-hybridized carbons (Fsp3) is 0.531. The molecular formula is C32H50O5SSi2. The van der Waals surface area contributed by atoms with Crippen molar-refractivity contribution in [2.24, 2.45) is 0 Å². The maximum atomic E-state index is 10.8. The molecule has 0 saturated carbocycles. The Kier molecular flexibility index (Phi) is 11.8. The Morgan fingerprint density at radius 2 is 1.45 bits per heavy atom. The van der Waals surface area contributed by atoms with Crippen LogP contribution in [0.3, 0.4) is 0 Å². The topological polar surface area (TPSA) is 65.0 Å². The summed E-state index contributed by atoms with van der Waals surface area (Å²) < 4.78 is 19.4. The van der Waals surface area contributed by atoms with Crippen LogP contribution in [0.2, 0.25) is 36.3 Å². The molecule has 222 valence electrons. The van der Waals surface area contributed by atoms with Gasteiger partial charge in [0.25, 0.3) is 0 Å². The maximum Gasteiger partial charge on any atom is 0.328 e. The average molecular weight is 603 g/mol. The van der Waals surface area contributed by atoms with Gasteiger partial charge in [0.15, 0.2) is 16.6 Å². The number of aliphatic carboxylic acids is 1. The molecule has 0 saturated heterocycles. The molecule has 40 heavy (non-hydrogen) atoms. The van der Waals surface area contributed by atoms with Crippen LogP contribution in [0.25, 0.3) is 5.57 Å². The lowest BCUT2D eigenvalue weighted by molar-refractivity contribution is -0.131. The Hall–Kier alpha value is -1.98. The first kappa shape index (κ1) is 34.2. The maximum absolute atomic E-state index is 10.8. The van der Waals surface area contributed by atoms with E-state index in [2.05, 4.69) is 98.9 Å². The molecule has 0 unspecified atom stereocenters. The zero-order valence-corrected chi connectivity index (χ0v) is 29.3. The molecule has 0 aliphatic heterocycles. The summed E-state index contributed by atoms with van der Waals surface area (Å²) in [6.45, 7) is 26.4. The third-order valence-electron chi connectivity index (χ3n) is 8.24. The van der Waals surface area contributed by atoms with Crippen LogP contribution in [0.4, 0.5) is 0 Å². The fourth-order valence-corrected chi connectivity index (χ4v) is 6.23. The second-order valence-electron chi connectivity index (χ2n) is 13.3. The number of thiophene rings is 1. The molecule has 0 aliphatic rings. The van der Waals surface area contributed by atoms with Crippen LogP contribution in [0.1, 0.15) is 75.8 Å². The zero-order chi connectivity index (χ0) is 30.4. The fourth-order valence-electron chi connectivity index (χ4n) is 3.32. The number of carbonyl (C=O) groups is 1. The zero-order valence-electron chi connectivity index (χ0n) is 26.4. The summed E-state index contributed by atoms with van der Waals surface area (Å²) in [7, 11) is -3.83. The molecule has 1 aromatic heterocycles. The number of ether oxygens (including phenoxy) is 1. The first-order valence-corrected chi connectivity index (χ1v) is 20.7. The van der Waals surface area contributed by atoms with E-state index in [1.165, 1.54) is 0 Å². The predicted octanol–water partition coefficient (Wildman–Crippen LogP) is 9.80. The van der Waals surface area contributed by atoms with Gasteiger partial charge in [0, 0.05) is 15.8 Å². The monoisotopic (exact) mass is 602 g/mol. The van der Waals surface area contributed by atoms with Crippen LogP contribution in [0.15, 0.2) is 48.6 Å². The highest BCUT2D eigenvalue weighted by molar-refractivity contribution is 7.13. The SMILES string of the molecule is CC/C(=C\C=C\C(=O)O)c1ccc(COc2ccc(CO[Si](C)(C)C(C)(C)C)c(CO[Si](C)(C)C(C)(C)C)c2)s1. The van der Waals surface area contributed by atoms with E-state index in [0.717, 1.165) is 44.7 Å². The molecule has 5 nitrogen and oxygen atoms in total. The lowest BCUT2D eigenvalue weighted by atomic mass is 10.1. The quantitative estimate of drug-likeness (QED) is 0.140. The minimum Gasteiger partial charge on any atom is -0.488 e. The number of hydrogen-bond acceptors (Lipinski definition) is 5. The summed E-state index contributed by atoms with van der Waals surface area (Å²) >= 11 is 1.67. The molecule has 0 fully saturated rings. The number of allylic oxidation sites excluding steroid dienone is 3. The van der Waals surface area contributed by atoms with Crippen molar-refractivity contribution in [3.8, 4) is 5.75 Å². The highest BCUT2D eigenvalue weighted by Gasteiger charge is 2.38. The van der Waals surface area contributed by atoms with Gasteiger partial charge in [-0.1, -0.05) is 66.7 Å². The van der Waals surface area contributed by atoms with Crippen LogP contribution >= 0.6 is 11.3 Å². The van der Waals surface area contributed by atoms with Crippen molar-refractivity contribution in [2.75, 3.05) is 0 Å². The Balaban J connectivity index is 2.23. The van der Waals surface area contributed by atoms with Gasteiger partial charge in [-0.25, -0.2) is 4.79 Å². The van der Waals surface area contributed by atoms with Crippen molar-refractivity contribution in [3.63, 3.8) is 0 Å². The van der Waals surface area contributed by atoms with Crippen LogP contribution in [0, 0.1) is 0 Å². The van der Waals surface area contributed by atoms with E-state index in [0.29, 0.717) is 19.8 Å². The van der Waals surface area contributed by atoms with Gasteiger partial charge in [-0.05, 0) is 83.7 Å². The molecule has 0 aliphatic carbocycles. The summed E-state index contributed by atoms with van der Waals surface area (Å²) in [5.41, 5.74) is 3.38.